The van der Waals surface area contributed by atoms with E-state index in [1.54, 1.807) is 19.1 Å². The van der Waals surface area contributed by atoms with Crippen LogP contribution in [0.4, 0.5) is 17.3 Å². The number of halogens is 4. The largest absolute Gasteiger partial charge is 1.00 e. The van der Waals surface area contributed by atoms with Crippen molar-refractivity contribution in [3.05, 3.63) is 63.7 Å². The molecule has 0 saturated carbocycles. The average Bonchev–Trinajstić information content (AvgIpc) is 2.73. The first-order valence-corrected chi connectivity index (χ1v) is 8.19. The summed E-state index contributed by atoms with van der Waals surface area (Å²) in [5.74, 6) is -0.256. The van der Waals surface area contributed by atoms with Gasteiger partial charge in [0.15, 0.2) is 0 Å². The van der Waals surface area contributed by atoms with Gasteiger partial charge in [0.1, 0.15) is 0 Å². The topological polar surface area (TPSA) is 26.3 Å². The van der Waals surface area contributed by atoms with Crippen LogP contribution in [0, 0.1) is 34.6 Å². The first-order chi connectivity index (χ1) is 11.9. The van der Waals surface area contributed by atoms with Crippen LogP contribution in [-0.2, 0) is 24.2 Å². The average molecular weight is 473 g/mol. The van der Waals surface area contributed by atoms with E-state index in [9.17, 15) is 22.1 Å². The SMILES string of the molecule is CCOC(=O)c1ccccc1.Cc1c(C)c(C)[c-](C)c1C.F[B-](F)(F)F.[Ru+]. The number of hydrogen-bond donors (Lipinski definition) is 0. The van der Waals surface area contributed by atoms with E-state index in [4.69, 9.17) is 4.74 Å². The maximum atomic E-state index is 11.0. The summed E-state index contributed by atoms with van der Waals surface area (Å²) >= 11 is 0. The van der Waals surface area contributed by atoms with Crippen LogP contribution in [0.3, 0.4) is 0 Å². The van der Waals surface area contributed by atoms with Crippen molar-refractivity contribution in [1.29, 1.82) is 0 Å². The predicted molar refractivity (Wildman–Crippen MR) is 98.3 cm³/mol. The second-order valence-corrected chi connectivity index (χ2v) is 5.71. The van der Waals surface area contributed by atoms with Crippen molar-refractivity contribution in [3.8, 4) is 0 Å². The molecular formula is C19H25BF4O2Ru-. The molecule has 0 bridgehead atoms. The van der Waals surface area contributed by atoms with E-state index < -0.39 is 7.25 Å². The molecule has 0 atom stereocenters. The molecule has 1 radical (unpaired) electrons. The summed E-state index contributed by atoms with van der Waals surface area (Å²) in [5.41, 5.74) is 7.94. The van der Waals surface area contributed by atoms with E-state index in [-0.39, 0.29) is 25.4 Å². The Morgan fingerprint density at radius 1 is 0.963 bits per heavy atom. The van der Waals surface area contributed by atoms with Gasteiger partial charge in [0.2, 0.25) is 0 Å². The number of carbonyl (C=O) groups excluding carboxylic acids is 1. The van der Waals surface area contributed by atoms with E-state index in [2.05, 4.69) is 34.6 Å². The molecule has 153 valence electrons. The number of carbonyl (C=O) groups is 1. The van der Waals surface area contributed by atoms with Gasteiger partial charge in [0.05, 0.1) is 12.2 Å². The van der Waals surface area contributed by atoms with Gasteiger partial charge in [-0.1, -0.05) is 52.8 Å². The Kier molecular flexibility index (Phi) is 13.1. The zero-order chi connectivity index (χ0) is 20.5. The van der Waals surface area contributed by atoms with Gasteiger partial charge in [0.25, 0.3) is 0 Å². The standard InChI is InChI=1S/C10H15.C9H10O2.BF4.Ru/c1-6-7(2)9(4)10(5)8(6)3;1-2-11-9(10)8-6-4-3-5-7-8;2-1(3,4)5;/h1-5H3;3-7H,2H2,1H3;;/q-1;;-1;+1. The van der Waals surface area contributed by atoms with Crippen LogP contribution < -0.4 is 0 Å². The van der Waals surface area contributed by atoms with Crippen LogP contribution in [-0.4, -0.2) is 19.8 Å². The third kappa shape index (κ3) is 11.0. The van der Waals surface area contributed by atoms with Crippen molar-refractivity contribution >= 4 is 13.2 Å². The van der Waals surface area contributed by atoms with E-state index in [1.165, 1.54) is 27.8 Å². The third-order valence-electron chi connectivity index (χ3n) is 4.10. The normalized spacial score (nSPS) is 9.85. The van der Waals surface area contributed by atoms with Crippen LogP contribution in [0.1, 0.15) is 45.1 Å². The fraction of sp³-hybridized carbons (Fsp3) is 0.368. The zero-order valence-corrected chi connectivity index (χ0v) is 18.1. The molecule has 8 heteroatoms. The van der Waals surface area contributed by atoms with Crippen LogP contribution in [0.5, 0.6) is 0 Å². The molecule has 0 spiro atoms. The molecule has 0 saturated heterocycles. The molecule has 2 nitrogen and oxygen atoms in total. The van der Waals surface area contributed by atoms with Gasteiger partial charge in [-0.2, -0.15) is 27.8 Å². The number of esters is 1. The Balaban J connectivity index is 0. The Bertz CT molecular complexity index is 612. The molecule has 2 aromatic rings. The Hall–Kier alpha value is -1.55. The molecule has 2 aromatic carbocycles. The molecule has 0 heterocycles. The number of hydrogen-bond acceptors (Lipinski definition) is 2. The van der Waals surface area contributed by atoms with Gasteiger partial charge in [-0.3, -0.25) is 0 Å². The quantitative estimate of drug-likeness (QED) is 0.228. The number of benzene rings is 1. The molecule has 0 aliphatic heterocycles. The van der Waals surface area contributed by atoms with Gasteiger partial charge >= 0.3 is 32.7 Å². The smallest absolute Gasteiger partial charge is 0.462 e. The first-order valence-electron chi connectivity index (χ1n) is 8.19. The molecular weight excluding hydrogens is 448 g/mol. The Morgan fingerprint density at radius 2 is 1.33 bits per heavy atom. The molecule has 0 N–H and O–H groups in total. The zero-order valence-electron chi connectivity index (χ0n) is 16.4. The second kappa shape index (κ2) is 12.8. The minimum Gasteiger partial charge on any atom is -0.462 e. The van der Waals surface area contributed by atoms with E-state index in [1.807, 2.05) is 18.2 Å². The molecule has 0 fully saturated rings. The van der Waals surface area contributed by atoms with Gasteiger partial charge in [-0.15, -0.1) is 0 Å². The van der Waals surface area contributed by atoms with Crippen LogP contribution in [0.25, 0.3) is 0 Å². The molecule has 0 aliphatic rings. The van der Waals surface area contributed by atoms with Crippen LogP contribution >= 0.6 is 0 Å². The van der Waals surface area contributed by atoms with Crippen molar-refractivity contribution in [2.45, 2.75) is 41.5 Å². The van der Waals surface area contributed by atoms with Crippen molar-refractivity contribution in [1.82, 2.24) is 0 Å². The fourth-order valence-corrected chi connectivity index (χ4v) is 2.19. The van der Waals surface area contributed by atoms with Gasteiger partial charge < -0.3 is 22.0 Å². The van der Waals surface area contributed by atoms with E-state index in [0.29, 0.717) is 12.2 Å². The first kappa shape index (κ1) is 27.7. The molecule has 0 aliphatic carbocycles. The number of ether oxygens (including phenoxy) is 1. The van der Waals surface area contributed by atoms with E-state index in [0.717, 1.165) is 0 Å². The summed E-state index contributed by atoms with van der Waals surface area (Å²) < 4.78 is 43.8. The minimum absolute atomic E-state index is 0. The second-order valence-electron chi connectivity index (χ2n) is 5.71. The summed E-state index contributed by atoms with van der Waals surface area (Å²) in [6.45, 7) is 13.2. The van der Waals surface area contributed by atoms with Gasteiger partial charge in [0, 0.05) is 0 Å². The predicted octanol–water partition coefficient (Wildman–Crippen LogP) is 6.11. The summed E-state index contributed by atoms with van der Waals surface area (Å²) in [4.78, 5) is 11.0. The molecule has 0 amide bonds. The molecule has 2 rings (SSSR count). The van der Waals surface area contributed by atoms with Gasteiger partial charge in [-0.05, 0) is 19.1 Å². The number of rotatable bonds is 2. The summed E-state index contributed by atoms with van der Waals surface area (Å²) in [7, 11) is -6.00. The van der Waals surface area contributed by atoms with Gasteiger partial charge in [-0.25, -0.2) is 4.79 Å². The summed E-state index contributed by atoms with van der Waals surface area (Å²) in [6, 6.07) is 8.96. The van der Waals surface area contributed by atoms with Crippen LogP contribution in [0.15, 0.2) is 30.3 Å². The molecule has 0 aromatic heterocycles. The maximum Gasteiger partial charge on any atom is 1.00 e. The maximum absolute atomic E-state index is 11.0. The van der Waals surface area contributed by atoms with Crippen molar-refractivity contribution in [2.75, 3.05) is 6.61 Å². The third-order valence-corrected chi connectivity index (χ3v) is 4.10. The Morgan fingerprint density at radius 3 is 1.59 bits per heavy atom. The monoisotopic (exact) mass is 474 g/mol. The summed E-state index contributed by atoms with van der Waals surface area (Å²) in [6.07, 6.45) is 0. The minimum atomic E-state index is -6.00. The molecule has 0 unspecified atom stereocenters. The Labute approximate surface area is 171 Å². The molecule has 27 heavy (non-hydrogen) atoms. The fourth-order valence-electron chi connectivity index (χ4n) is 2.19. The van der Waals surface area contributed by atoms with Crippen LogP contribution in [0.2, 0.25) is 0 Å². The summed E-state index contributed by atoms with van der Waals surface area (Å²) in [5, 5.41) is 0. The van der Waals surface area contributed by atoms with E-state index >= 15 is 0 Å². The van der Waals surface area contributed by atoms with Crippen molar-refractivity contribution < 1.29 is 46.3 Å². The van der Waals surface area contributed by atoms with Crippen molar-refractivity contribution in [3.63, 3.8) is 0 Å². The van der Waals surface area contributed by atoms with Crippen molar-refractivity contribution in [2.24, 2.45) is 0 Å².